The molecule has 0 spiro atoms. The molecule has 6 heteroatoms. The van der Waals surface area contributed by atoms with E-state index in [0.717, 1.165) is 0 Å². The molecule has 0 aliphatic rings. The summed E-state index contributed by atoms with van der Waals surface area (Å²) in [6.45, 7) is 27.4. The van der Waals surface area contributed by atoms with Crippen molar-refractivity contribution in [2.75, 3.05) is 0 Å². The molecule has 0 aromatic carbocycles. The minimum atomic E-state index is -2.10. The molecule has 0 aromatic rings. The second-order valence-corrected chi connectivity index (χ2v) is 20.1. The average Bonchev–Trinajstić information content (AvgIpc) is 2.47. The van der Waals surface area contributed by atoms with E-state index in [-0.39, 0.29) is 34.2 Å². The smallest absolute Gasteiger partial charge is 0.217 e. The first kappa shape index (κ1) is 27.1. The van der Waals surface area contributed by atoms with E-state index in [0.29, 0.717) is 6.42 Å². The lowest BCUT2D eigenvalue weighted by Crippen LogP contribution is -2.58. The molecule has 0 heterocycles. The molecule has 1 N–H and O–H groups in total. The molecule has 3 atom stereocenters. The van der Waals surface area contributed by atoms with Crippen LogP contribution in [-0.2, 0) is 13.6 Å². The molecule has 0 unspecified atom stereocenters. The van der Waals surface area contributed by atoms with Gasteiger partial charge in [0.15, 0.2) is 16.6 Å². The second-order valence-electron chi connectivity index (χ2n) is 10.6. The van der Waals surface area contributed by atoms with Crippen LogP contribution in [0, 0.1) is 12.3 Å². The Balaban J connectivity index is 6.01. The molecule has 0 saturated heterocycles. The summed E-state index contributed by atoms with van der Waals surface area (Å²) < 4.78 is 13.3. The van der Waals surface area contributed by atoms with Gasteiger partial charge in [-0.2, -0.15) is 0 Å². The lowest BCUT2D eigenvalue weighted by atomic mass is 10.0. The summed E-state index contributed by atoms with van der Waals surface area (Å²) in [6.07, 6.45) is 7.16. The van der Waals surface area contributed by atoms with E-state index in [9.17, 15) is 4.79 Å². The predicted molar refractivity (Wildman–Crippen MR) is 125 cm³/mol. The highest BCUT2D eigenvalue weighted by Crippen LogP contribution is 2.40. The maximum absolute atomic E-state index is 12.0. The van der Waals surface area contributed by atoms with Crippen LogP contribution in [0.5, 0.6) is 0 Å². The lowest BCUT2D eigenvalue weighted by molar-refractivity contribution is -0.121. The van der Waals surface area contributed by atoms with Gasteiger partial charge in [0.1, 0.15) is 0 Å². The van der Waals surface area contributed by atoms with Gasteiger partial charge in [0.25, 0.3) is 0 Å². The second kappa shape index (κ2) is 9.75. The highest BCUT2D eigenvalue weighted by Gasteiger charge is 2.45. The third-order valence-electron chi connectivity index (χ3n) is 6.16. The van der Waals surface area contributed by atoms with Crippen LogP contribution in [0.3, 0.4) is 0 Å². The molecule has 0 aliphatic carbocycles. The van der Waals surface area contributed by atoms with Crippen LogP contribution < -0.4 is 5.32 Å². The highest BCUT2D eigenvalue weighted by atomic mass is 28.4. The van der Waals surface area contributed by atoms with Crippen molar-refractivity contribution < 1.29 is 13.6 Å². The summed E-state index contributed by atoms with van der Waals surface area (Å²) in [6, 6.07) is -0.380. The van der Waals surface area contributed by atoms with Crippen LogP contribution in [-0.4, -0.2) is 40.8 Å². The third-order valence-corrected chi connectivity index (χ3v) is 15.1. The highest BCUT2D eigenvalue weighted by molar-refractivity contribution is 6.74. The van der Waals surface area contributed by atoms with E-state index in [1.165, 1.54) is 6.92 Å². The zero-order chi connectivity index (χ0) is 22.6. The standard InChI is InChI=1S/C22H43NO3Si2/c1-14-16-19(26-28(12,13)22(7,8)9)20(23-17(3)24)18(15-2)25-27(10,11)21(4,5)6/h1,15,18-20H,2,16H2,3-13H3,(H,23,24)/t18-,19-,20+/m1/s1. The molecule has 1 amide bonds. The fourth-order valence-corrected chi connectivity index (χ4v) is 4.94. The number of amides is 1. The van der Waals surface area contributed by atoms with E-state index >= 15 is 0 Å². The number of hydrogen-bond acceptors (Lipinski definition) is 3. The van der Waals surface area contributed by atoms with Crippen molar-refractivity contribution in [2.45, 2.75) is 109 Å². The molecular formula is C22H43NO3Si2. The molecular weight excluding hydrogens is 382 g/mol. The van der Waals surface area contributed by atoms with Gasteiger partial charge < -0.3 is 14.2 Å². The quantitative estimate of drug-likeness (QED) is 0.302. The van der Waals surface area contributed by atoms with E-state index in [1.54, 1.807) is 6.08 Å². The normalized spacial score (nSPS) is 16.6. The van der Waals surface area contributed by atoms with E-state index in [1.807, 2.05) is 0 Å². The van der Waals surface area contributed by atoms with Crippen molar-refractivity contribution in [3.05, 3.63) is 12.7 Å². The molecule has 0 radical (unpaired) electrons. The van der Waals surface area contributed by atoms with E-state index in [2.05, 4.69) is 85.5 Å². The number of hydrogen-bond donors (Lipinski definition) is 1. The van der Waals surface area contributed by atoms with Gasteiger partial charge in [-0.15, -0.1) is 18.9 Å². The van der Waals surface area contributed by atoms with Gasteiger partial charge in [-0.1, -0.05) is 47.6 Å². The van der Waals surface area contributed by atoms with Crippen LogP contribution in [0.1, 0.15) is 54.9 Å². The van der Waals surface area contributed by atoms with Crippen molar-refractivity contribution in [3.63, 3.8) is 0 Å². The number of carbonyl (C=O) groups excluding carboxylic acids is 1. The maximum atomic E-state index is 12.0. The predicted octanol–water partition coefficient (Wildman–Crippen LogP) is 5.48. The van der Waals surface area contributed by atoms with Gasteiger partial charge in [0.2, 0.25) is 5.91 Å². The molecule has 0 aliphatic heterocycles. The summed E-state index contributed by atoms with van der Waals surface area (Å²) >= 11 is 0. The van der Waals surface area contributed by atoms with Crippen LogP contribution in [0.4, 0.5) is 0 Å². The van der Waals surface area contributed by atoms with Crippen LogP contribution in [0.2, 0.25) is 36.3 Å². The van der Waals surface area contributed by atoms with Gasteiger partial charge in [-0.25, -0.2) is 0 Å². The SMILES string of the molecule is C#CC[C@@H](O[Si](C)(C)C(C)(C)C)[C@@H](NC(C)=O)[C@@H](C=C)O[Si](C)(C)C(C)(C)C. The largest absolute Gasteiger partial charge is 0.411 e. The Morgan fingerprint density at radius 1 is 1.07 bits per heavy atom. The molecule has 0 aromatic heterocycles. The Morgan fingerprint density at radius 3 is 1.82 bits per heavy atom. The molecule has 0 bridgehead atoms. The number of rotatable bonds is 9. The molecule has 0 rings (SSSR count). The summed E-state index contributed by atoms with van der Waals surface area (Å²) in [5, 5.41) is 3.12. The van der Waals surface area contributed by atoms with Gasteiger partial charge in [0, 0.05) is 13.3 Å². The van der Waals surface area contributed by atoms with Crippen molar-refractivity contribution in [2.24, 2.45) is 0 Å². The topological polar surface area (TPSA) is 47.6 Å². The minimum Gasteiger partial charge on any atom is -0.411 e. The summed E-state index contributed by atoms with van der Waals surface area (Å²) in [7, 11) is -4.18. The first-order chi connectivity index (χ1) is 12.4. The third kappa shape index (κ3) is 7.51. The van der Waals surface area contributed by atoms with Crippen LogP contribution >= 0.6 is 0 Å². The van der Waals surface area contributed by atoms with E-state index in [4.69, 9.17) is 15.3 Å². The zero-order valence-electron chi connectivity index (χ0n) is 20.0. The summed E-state index contributed by atoms with van der Waals surface area (Å²) in [5.41, 5.74) is 0. The summed E-state index contributed by atoms with van der Waals surface area (Å²) in [4.78, 5) is 12.0. The minimum absolute atomic E-state index is 0.0323. The first-order valence-electron chi connectivity index (χ1n) is 10.1. The Kier molecular flexibility index (Phi) is 9.45. The van der Waals surface area contributed by atoms with Gasteiger partial charge in [0.05, 0.1) is 18.2 Å². The molecule has 4 nitrogen and oxygen atoms in total. The Hall–Kier alpha value is -0.876. The summed E-state index contributed by atoms with van der Waals surface area (Å²) in [5.74, 6) is 2.61. The molecule has 0 fully saturated rings. The van der Waals surface area contributed by atoms with Crippen LogP contribution in [0.25, 0.3) is 0 Å². The number of carbonyl (C=O) groups is 1. The Morgan fingerprint density at radius 2 is 1.50 bits per heavy atom. The molecule has 28 heavy (non-hydrogen) atoms. The van der Waals surface area contributed by atoms with Crippen molar-refractivity contribution in [3.8, 4) is 12.3 Å². The van der Waals surface area contributed by atoms with Gasteiger partial charge in [-0.3, -0.25) is 4.79 Å². The lowest BCUT2D eigenvalue weighted by Gasteiger charge is -2.45. The Bertz CT molecular complexity index is 580. The van der Waals surface area contributed by atoms with Crippen molar-refractivity contribution in [1.29, 1.82) is 0 Å². The van der Waals surface area contributed by atoms with E-state index < -0.39 is 16.6 Å². The molecule has 162 valence electrons. The molecule has 0 saturated carbocycles. The van der Waals surface area contributed by atoms with Crippen molar-refractivity contribution >= 4 is 22.5 Å². The fraction of sp³-hybridized carbons (Fsp3) is 0.773. The van der Waals surface area contributed by atoms with Crippen LogP contribution in [0.15, 0.2) is 12.7 Å². The first-order valence-corrected chi connectivity index (χ1v) is 15.9. The average molecular weight is 426 g/mol. The van der Waals surface area contributed by atoms with Gasteiger partial charge >= 0.3 is 0 Å². The van der Waals surface area contributed by atoms with Crippen molar-refractivity contribution in [1.82, 2.24) is 5.32 Å². The number of terminal acetylenes is 1. The fourth-order valence-electron chi connectivity index (χ4n) is 2.32. The monoisotopic (exact) mass is 425 g/mol. The zero-order valence-corrected chi connectivity index (χ0v) is 22.0. The van der Waals surface area contributed by atoms with Gasteiger partial charge in [-0.05, 0) is 36.3 Å². The maximum Gasteiger partial charge on any atom is 0.217 e. The Labute approximate surface area is 176 Å². The number of nitrogens with one attached hydrogen (secondary N) is 1.